The molecule has 17 heavy (non-hydrogen) atoms. The lowest BCUT2D eigenvalue weighted by Crippen LogP contribution is -2.37. The Hall–Kier alpha value is -1.29. The summed E-state index contributed by atoms with van der Waals surface area (Å²) in [7, 11) is 0. The van der Waals surface area contributed by atoms with Gasteiger partial charge >= 0.3 is 5.97 Å². The van der Waals surface area contributed by atoms with E-state index in [1.165, 1.54) is 0 Å². The van der Waals surface area contributed by atoms with Gasteiger partial charge in [-0.15, -0.1) is 0 Å². The van der Waals surface area contributed by atoms with Crippen molar-refractivity contribution in [3.63, 3.8) is 0 Å². The molecular weight excluding hydrogens is 240 g/mol. The number of pyridine rings is 1. The van der Waals surface area contributed by atoms with Gasteiger partial charge in [0.15, 0.2) is 0 Å². The summed E-state index contributed by atoms with van der Waals surface area (Å²) in [6.07, 6.45) is 1.65. The van der Waals surface area contributed by atoms with Gasteiger partial charge in [0, 0.05) is 12.2 Å². The molecule has 5 heteroatoms. The van der Waals surface area contributed by atoms with Gasteiger partial charge in [0.1, 0.15) is 12.4 Å². The zero-order valence-corrected chi connectivity index (χ0v) is 11.1. The van der Waals surface area contributed by atoms with Gasteiger partial charge in [-0.25, -0.2) is 4.98 Å². The highest BCUT2D eigenvalue weighted by Gasteiger charge is 2.18. The normalized spacial score (nSPS) is 10.4. The van der Waals surface area contributed by atoms with Crippen molar-refractivity contribution in [3.05, 3.63) is 23.4 Å². The van der Waals surface area contributed by atoms with Crippen LogP contribution in [0.15, 0.2) is 18.3 Å². The molecule has 1 rings (SSSR count). The minimum Gasteiger partial charge on any atom is -0.465 e. The predicted octanol–water partition coefficient (Wildman–Crippen LogP) is 2.51. The van der Waals surface area contributed by atoms with E-state index >= 15 is 0 Å². The van der Waals surface area contributed by atoms with E-state index in [9.17, 15) is 4.79 Å². The molecule has 0 radical (unpaired) electrons. The first kappa shape index (κ1) is 13.8. The molecule has 4 nitrogen and oxygen atoms in total. The van der Waals surface area contributed by atoms with Crippen LogP contribution in [-0.2, 0) is 9.53 Å². The molecular formula is C12H17ClN2O2. The summed E-state index contributed by atoms with van der Waals surface area (Å²) >= 11 is 6.07. The molecule has 0 atom stereocenters. The predicted molar refractivity (Wildman–Crippen MR) is 68.4 cm³/mol. The number of anilines is 1. The molecule has 0 aromatic carbocycles. The van der Waals surface area contributed by atoms with E-state index in [-0.39, 0.29) is 18.6 Å². The molecule has 0 spiro atoms. The molecule has 0 amide bonds. The Morgan fingerprint density at radius 1 is 1.59 bits per heavy atom. The van der Waals surface area contributed by atoms with Crippen LogP contribution >= 0.6 is 11.6 Å². The molecule has 0 unspecified atom stereocenters. The van der Waals surface area contributed by atoms with Crippen LogP contribution in [0.4, 0.5) is 5.82 Å². The fourth-order valence-corrected chi connectivity index (χ4v) is 1.67. The van der Waals surface area contributed by atoms with Gasteiger partial charge in [0.05, 0.1) is 11.6 Å². The fourth-order valence-electron chi connectivity index (χ4n) is 1.44. The molecule has 0 bridgehead atoms. The highest BCUT2D eigenvalue weighted by molar-refractivity contribution is 6.33. The lowest BCUT2D eigenvalue weighted by atomic mass is 10.3. The summed E-state index contributed by atoms with van der Waals surface area (Å²) in [5, 5.41) is 0.533. The van der Waals surface area contributed by atoms with Gasteiger partial charge in [-0.1, -0.05) is 11.6 Å². The Balaban J connectivity index is 2.87. The topological polar surface area (TPSA) is 42.4 Å². The van der Waals surface area contributed by atoms with Crippen LogP contribution in [0.1, 0.15) is 20.8 Å². The minimum absolute atomic E-state index is 0.117. The van der Waals surface area contributed by atoms with Crippen molar-refractivity contribution in [1.29, 1.82) is 0 Å². The Morgan fingerprint density at radius 2 is 2.29 bits per heavy atom. The maximum atomic E-state index is 11.5. The highest BCUT2D eigenvalue weighted by Crippen LogP contribution is 2.23. The second-order valence-corrected chi connectivity index (χ2v) is 4.24. The Labute approximate surface area is 107 Å². The van der Waals surface area contributed by atoms with E-state index in [0.717, 1.165) is 0 Å². The molecule has 1 aromatic heterocycles. The number of carbonyl (C=O) groups excluding carboxylic acids is 1. The number of esters is 1. The van der Waals surface area contributed by atoms with Crippen molar-refractivity contribution < 1.29 is 9.53 Å². The summed E-state index contributed by atoms with van der Waals surface area (Å²) in [6.45, 7) is 6.27. The number of aromatic nitrogens is 1. The zero-order valence-electron chi connectivity index (χ0n) is 10.3. The third-order valence-corrected chi connectivity index (χ3v) is 2.53. The highest BCUT2D eigenvalue weighted by atomic mass is 35.5. The monoisotopic (exact) mass is 256 g/mol. The lowest BCUT2D eigenvalue weighted by molar-refractivity contribution is -0.141. The van der Waals surface area contributed by atoms with Crippen molar-refractivity contribution >= 4 is 23.4 Å². The second kappa shape index (κ2) is 6.45. The third kappa shape index (κ3) is 3.89. The summed E-state index contributed by atoms with van der Waals surface area (Å²) in [5.41, 5.74) is 0. The molecule has 1 aromatic rings. The van der Waals surface area contributed by atoms with E-state index in [4.69, 9.17) is 16.3 Å². The first-order valence-electron chi connectivity index (χ1n) is 5.59. The standard InChI is InChI=1S/C12H17ClN2O2/c1-4-17-11(16)8-15(9(2)3)12-10(13)6-5-7-14-12/h5-7,9H,4,8H2,1-3H3. The summed E-state index contributed by atoms with van der Waals surface area (Å²) in [6, 6.07) is 3.63. The maximum Gasteiger partial charge on any atom is 0.325 e. The van der Waals surface area contributed by atoms with Gasteiger partial charge in [0.25, 0.3) is 0 Å². The average Bonchev–Trinajstić information content (AvgIpc) is 2.27. The molecule has 94 valence electrons. The maximum absolute atomic E-state index is 11.5. The third-order valence-electron chi connectivity index (χ3n) is 2.24. The van der Waals surface area contributed by atoms with E-state index in [0.29, 0.717) is 17.4 Å². The molecule has 0 saturated carbocycles. The number of hydrogen-bond acceptors (Lipinski definition) is 4. The fraction of sp³-hybridized carbons (Fsp3) is 0.500. The van der Waals surface area contributed by atoms with Crippen molar-refractivity contribution in [2.75, 3.05) is 18.1 Å². The smallest absolute Gasteiger partial charge is 0.325 e. The summed E-state index contributed by atoms with van der Waals surface area (Å²) < 4.78 is 4.93. The van der Waals surface area contributed by atoms with Gasteiger partial charge in [-0.2, -0.15) is 0 Å². The van der Waals surface area contributed by atoms with Crippen LogP contribution in [0.3, 0.4) is 0 Å². The van der Waals surface area contributed by atoms with Crippen LogP contribution in [0.5, 0.6) is 0 Å². The molecule has 0 fully saturated rings. The molecule has 1 heterocycles. The average molecular weight is 257 g/mol. The zero-order chi connectivity index (χ0) is 12.8. The summed E-state index contributed by atoms with van der Waals surface area (Å²) in [5.74, 6) is 0.333. The Morgan fingerprint density at radius 3 is 2.82 bits per heavy atom. The van der Waals surface area contributed by atoms with Gasteiger partial charge in [-0.05, 0) is 32.9 Å². The van der Waals surface area contributed by atoms with Crippen molar-refractivity contribution in [1.82, 2.24) is 4.98 Å². The van der Waals surface area contributed by atoms with E-state index in [1.807, 2.05) is 18.7 Å². The summed E-state index contributed by atoms with van der Waals surface area (Å²) in [4.78, 5) is 17.5. The van der Waals surface area contributed by atoms with E-state index in [1.54, 1.807) is 25.3 Å². The Bertz CT molecular complexity index is 383. The van der Waals surface area contributed by atoms with Gasteiger partial charge < -0.3 is 9.64 Å². The molecule has 0 aliphatic rings. The molecule has 0 aliphatic carbocycles. The van der Waals surface area contributed by atoms with Gasteiger partial charge in [0.2, 0.25) is 0 Å². The van der Waals surface area contributed by atoms with Crippen molar-refractivity contribution in [3.8, 4) is 0 Å². The number of rotatable bonds is 5. The number of carbonyl (C=O) groups is 1. The van der Waals surface area contributed by atoms with Crippen LogP contribution in [0.2, 0.25) is 5.02 Å². The second-order valence-electron chi connectivity index (χ2n) is 3.84. The van der Waals surface area contributed by atoms with Crippen molar-refractivity contribution in [2.24, 2.45) is 0 Å². The molecule has 0 aliphatic heterocycles. The molecule has 0 saturated heterocycles. The number of hydrogen-bond donors (Lipinski definition) is 0. The van der Waals surface area contributed by atoms with Crippen LogP contribution < -0.4 is 4.90 Å². The van der Waals surface area contributed by atoms with Crippen LogP contribution in [0.25, 0.3) is 0 Å². The SMILES string of the molecule is CCOC(=O)CN(c1ncccc1Cl)C(C)C. The van der Waals surface area contributed by atoms with Crippen molar-refractivity contribution in [2.45, 2.75) is 26.8 Å². The minimum atomic E-state index is -0.275. The first-order chi connectivity index (χ1) is 8.06. The lowest BCUT2D eigenvalue weighted by Gasteiger charge is -2.27. The number of ether oxygens (including phenoxy) is 1. The van der Waals surface area contributed by atoms with E-state index in [2.05, 4.69) is 4.98 Å². The van der Waals surface area contributed by atoms with E-state index < -0.39 is 0 Å². The van der Waals surface area contributed by atoms with Crippen LogP contribution in [0, 0.1) is 0 Å². The number of nitrogens with zero attached hydrogens (tertiary/aromatic N) is 2. The van der Waals surface area contributed by atoms with Crippen LogP contribution in [-0.4, -0.2) is 30.1 Å². The Kier molecular flexibility index (Phi) is 5.22. The largest absolute Gasteiger partial charge is 0.465 e. The number of halogens is 1. The quantitative estimate of drug-likeness (QED) is 0.760. The molecule has 0 N–H and O–H groups in total. The first-order valence-corrected chi connectivity index (χ1v) is 5.96. The van der Waals surface area contributed by atoms with Gasteiger partial charge in [-0.3, -0.25) is 4.79 Å².